The quantitative estimate of drug-likeness (QED) is 0.523. The van der Waals surface area contributed by atoms with Crippen molar-refractivity contribution in [1.29, 1.82) is 0 Å². The SMILES string of the molecule is CC(C)(C)C(=O)Nc1nnc(S(=O)(=O)NCCCN2CCc3ccccc32)s1. The van der Waals surface area contributed by atoms with Crippen LogP contribution in [0.4, 0.5) is 10.8 Å². The van der Waals surface area contributed by atoms with Crippen molar-refractivity contribution in [2.75, 3.05) is 29.9 Å². The van der Waals surface area contributed by atoms with Crippen LogP contribution < -0.4 is 14.9 Å². The van der Waals surface area contributed by atoms with E-state index in [1.54, 1.807) is 20.8 Å². The number of nitrogens with zero attached hydrogens (tertiary/aromatic N) is 3. The zero-order valence-electron chi connectivity index (χ0n) is 16.2. The van der Waals surface area contributed by atoms with Crippen LogP contribution in [0, 0.1) is 5.41 Å². The molecule has 1 aromatic heterocycles. The summed E-state index contributed by atoms with van der Waals surface area (Å²) in [5.41, 5.74) is 1.97. The monoisotopic (exact) mass is 423 g/mol. The van der Waals surface area contributed by atoms with Crippen molar-refractivity contribution < 1.29 is 13.2 Å². The number of rotatable bonds is 7. The average molecular weight is 424 g/mol. The number of anilines is 2. The van der Waals surface area contributed by atoms with Crippen molar-refractivity contribution in [3.05, 3.63) is 29.8 Å². The molecule has 10 heteroatoms. The Bertz CT molecular complexity index is 950. The first-order valence-electron chi connectivity index (χ1n) is 9.14. The minimum absolute atomic E-state index is 0.150. The third kappa shape index (κ3) is 4.86. The van der Waals surface area contributed by atoms with Gasteiger partial charge in [-0.3, -0.25) is 4.79 Å². The van der Waals surface area contributed by atoms with E-state index in [4.69, 9.17) is 0 Å². The number of hydrogen-bond donors (Lipinski definition) is 2. The van der Waals surface area contributed by atoms with Gasteiger partial charge in [0, 0.05) is 30.7 Å². The molecule has 0 bridgehead atoms. The summed E-state index contributed by atoms with van der Waals surface area (Å²) in [5, 5.41) is 10.2. The van der Waals surface area contributed by atoms with E-state index >= 15 is 0 Å². The molecule has 0 radical (unpaired) electrons. The van der Waals surface area contributed by atoms with Crippen molar-refractivity contribution in [1.82, 2.24) is 14.9 Å². The lowest BCUT2D eigenvalue weighted by Crippen LogP contribution is -2.29. The summed E-state index contributed by atoms with van der Waals surface area (Å²) in [6.07, 6.45) is 1.70. The van der Waals surface area contributed by atoms with E-state index in [9.17, 15) is 13.2 Å². The van der Waals surface area contributed by atoms with Gasteiger partial charge in [0.2, 0.25) is 15.4 Å². The predicted octanol–water partition coefficient (Wildman–Crippen LogP) is 2.25. The Labute approximate surface area is 169 Å². The molecule has 2 aromatic rings. The second-order valence-electron chi connectivity index (χ2n) is 7.69. The van der Waals surface area contributed by atoms with E-state index < -0.39 is 15.4 Å². The van der Waals surface area contributed by atoms with Gasteiger partial charge in [0.05, 0.1) is 0 Å². The fraction of sp³-hybridized carbons (Fsp3) is 0.500. The molecule has 1 aliphatic rings. The van der Waals surface area contributed by atoms with Crippen LogP contribution in [0.25, 0.3) is 0 Å². The summed E-state index contributed by atoms with van der Waals surface area (Å²) < 4.78 is 27.2. The lowest BCUT2D eigenvalue weighted by Gasteiger charge is -2.19. The number of amides is 1. The van der Waals surface area contributed by atoms with Gasteiger partial charge in [0.15, 0.2) is 0 Å². The van der Waals surface area contributed by atoms with Crippen LogP contribution in [0.1, 0.15) is 32.8 Å². The molecule has 3 rings (SSSR count). The van der Waals surface area contributed by atoms with E-state index in [1.807, 2.05) is 12.1 Å². The van der Waals surface area contributed by atoms with Crippen LogP contribution in [0.5, 0.6) is 0 Å². The zero-order valence-corrected chi connectivity index (χ0v) is 17.9. The fourth-order valence-corrected chi connectivity index (χ4v) is 4.84. The van der Waals surface area contributed by atoms with E-state index in [-0.39, 0.29) is 15.4 Å². The Morgan fingerprint density at radius 1 is 1.25 bits per heavy atom. The Hall–Kier alpha value is -2.04. The highest BCUT2D eigenvalue weighted by molar-refractivity contribution is 7.91. The summed E-state index contributed by atoms with van der Waals surface area (Å²) in [6.45, 7) is 7.34. The van der Waals surface area contributed by atoms with E-state index in [0.29, 0.717) is 13.0 Å². The van der Waals surface area contributed by atoms with Crippen molar-refractivity contribution >= 4 is 38.1 Å². The number of aromatic nitrogens is 2. The molecule has 28 heavy (non-hydrogen) atoms. The topological polar surface area (TPSA) is 104 Å². The largest absolute Gasteiger partial charge is 0.371 e. The van der Waals surface area contributed by atoms with E-state index in [2.05, 4.69) is 37.3 Å². The summed E-state index contributed by atoms with van der Waals surface area (Å²) in [6, 6.07) is 8.28. The summed E-state index contributed by atoms with van der Waals surface area (Å²) in [4.78, 5) is 14.2. The molecule has 0 unspecified atom stereocenters. The average Bonchev–Trinajstić information content (AvgIpc) is 3.25. The highest BCUT2D eigenvalue weighted by Crippen LogP contribution is 2.27. The minimum atomic E-state index is -3.74. The minimum Gasteiger partial charge on any atom is -0.371 e. The molecule has 8 nitrogen and oxygen atoms in total. The van der Waals surface area contributed by atoms with Crippen LogP contribution in [0.3, 0.4) is 0 Å². The van der Waals surface area contributed by atoms with E-state index in [0.717, 1.165) is 30.8 Å². The number of carbonyl (C=O) groups excluding carboxylic acids is 1. The van der Waals surface area contributed by atoms with Gasteiger partial charge in [0.25, 0.3) is 10.0 Å². The molecule has 1 aromatic carbocycles. The summed E-state index contributed by atoms with van der Waals surface area (Å²) in [7, 11) is -3.74. The van der Waals surface area contributed by atoms with Crippen molar-refractivity contribution in [3.8, 4) is 0 Å². The molecule has 0 aliphatic carbocycles. The third-order valence-electron chi connectivity index (χ3n) is 4.42. The highest BCUT2D eigenvalue weighted by Gasteiger charge is 2.25. The normalized spacial score (nSPS) is 14.2. The Balaban J connectivity index is 1.50. The maximum absolute atomic E-state index is 12.4. The predicted molar refractivity (Wildman–Crippen MR) is 110 cm³/mol. The van der Waals surface area contributed by atoms with Crippen molar-refractivity contribution in [2.24, 2.45) is 5.41 Å². The maximum Gasteiger partial charge on any atom is 0.269 e. The standard InChI is InChI=1S/C18H25N5O3S2/c1-18(2,3)15(24)20-16-21-22-17(27-16)28(25,26)19-10-6-11-23-12-9-13-7-4-5-8-14(13)23/h4-5,7-8,19H,6,9-12H2,1-3H3,(H,20,21,24). The van der Waals surface area contributed by atoms with Crippen molar-refractivity contribution in [2.45, 2.75) is 38.0 Å². The third-order valence-corrected chi connectivity index (χ3v) is 7.09. The summed E-state index contributed by atoms with van der Waals surface area (Å²) in [5.74, 6) is -0.244. The molecule has 0 atom stereocenters. The molecule has 2 N–H and O–H groups in total. The number of fused-ring (bicyclic) bond motifs is 1. The van der Waals surface area contributed by atoms with Gasteiger partial charge in [-0.1, -0.05) is 50.3 Å². The number of nitrogens with one attached hydrogen (secondary N) is 2. The van der Waals surface area contributed by atoms with Crippen LogP contribution in [0.2, 0.25) is 0 Å². The van der Waals surface area contributed by atoms with E-state index in [1.165, 1.54) is 11.3 Å². The second kappa shape index (κ2) is 8.14. The number of sulfonamides is 1. The lowest BCUT2D eigenvalue weighted by atomic mass is 9.96. The summed E-state index contributed by atoms with van der Waals surface area (Å²) >= 11 is 0.843. The number of benzene rings is 1. The van der Waals surface area contributed by atoms with Gasteiger partial charge < -0.3 is 10.2 Å². The molecule has 0 spiro atoms. The van der Waals surface area contributed by atoms with Crippen LogP contribution >= 0.6 is 11.3 Å². The molecule has 2 heterocycles. The first-order valence-corrected chi connectivity index (χ1v) is 11.4. The first-order chi connectivity index (χ1) is 13.2. The fourth-order valence-electron chi connectivity index (χ4n) is 2.83. The molecular formula is C18H25N5O3S2. The number of para-hydroxylation sites is 1. The molecule has 1 amide bonds. The highest BCUT2D eigenvalue weighted by atomic mass is 32.2. The van der Waals surface area contributed by atoms with Gasteiger partial charge in [-0.2, -0.15) is 0 Å². The van der Waals surface area contributed by atoms with Gasteiger partial charge in [-0.05, 0) is 24.5 Å². The maximum atomic E-state index is 12.4. The van der Waals surface area contributed by atoms with Crippen LogP contribution in [-0.4, -0.2) is 44.2 Å². The second-order valence-corrected chi connectivity index (χ2v) is 10.6. The van der Waals surface area contributed by atoms with Crippen molar-refractivity contribution in [3.63, 3.8) is 0 Å². The van der Waals surface area contributed by atoms with Crippen LogP contribution in [0.15, 0.2) is 28.6 Å². The number of carbonyl (C=O) groups is 1. The Morgan fingerprint density at radius 3 is 2.75 bits per heavy atom. The molecule has 0 fully saturated rings. The molecule has 152 valence electrons. The molecule has 1 aliphatic heterocycles. The molecule has 0 saturated heterocycles. The molecular weight excluding hydrogens is 398 g/mol. The lowest BCUT2D eigenvalue weighted by molar-refractivity contribution is -0.123. The first kappa shape index (κ1) is 20.7. The van der Waals surface area contributed by atoms with Gasteiger partial charge in [0.1, 0.15) is 0 Å². The van der Waals surface area contributed by atoms with Gasteiger partial charge >= 0.3 is 0 Å². The van der Waals surface area contributed by atoms with Gasteiger partial charge in [-0.25, -0.2) is 13.1 Å². The number of hydrogen-bond acceptors (Lipinski definition) is 7. The molecule has 0 saturated carbocycles. The van der Waals surface area contributed by atoms with Gasteiger partial charge in [-0.15, -0.1) is 10.2 Å². The zero-order chi connectivity index (χ0) is 20.4. The Morgan fingerprint density at radius 2 is 2.00 bits per heavy atom. The smallest absolute Gasteiger partial charge is 0.269 e. The Kier molecular flexibility index (Phi) is 6.01. The van der Waals surface area contributed by atoms with Crippen LogP contribution in [-0.2, 0) is 21.2 Å².